The smallest absolute Gasteiger partial charge is 0.251 e. The van der Waals surface area contributed by atoms with Gasteiger partial charge in [0.05, 0.1) is 24.7 Å². The van der Waals surface area contributed by atoms with Crippen molar-refractivity contribution in [1.82, 2.24) is 0 Å². The van der Waals surface area contributed by atoms with Crippen LogP contribution in [0.3, 0.4) is 0 Å². The Hall–Kier alpha value is -1.30. The quantitative estimate of drug-likeness (QED) is 0.554. The Kier molecular flexibility index (Phi) is 3.52. The Bertz CT molecular complexity index is 418. The Labute approximate surface area is 95.1 Å². The molecule has 0 aliphatic heterocycles. The molecule has 3 heteroatoms. The first-order valence-electron chi connectivity index (χ1n) is 4.55. The van der Waals surface area contributed by atoms with Crippen LogP contribution in [0.5, 0.6) is 0 Å². The van der Waals surface area contributed by atoms with Crippen LogP contribution in [0.2, 0.25) is 5.02 Å². The third kappa shape index (κ3) is 2.59. The molecule has 0 saturated carbocycles. The van der Waals surface area contributed by atoms with Crippen LogP contribution < -0.4 is 0 Å². The first kappa shape index (κ1) is 11.8. The van der Waals surface area contributed by atoms with Crippen molar-refractivity contribution in [3.63, 3.8) is 0 Å². The van der Waals surface area contributed by atoms with E-state index in [4.69, 9.17) is 18.0 Å². The highest BCUT2D eigenvalue weighted by Gasteiger charge is 2.28. The van der Waals surface area contributed by atoms with Crippen molar-refractivity contribution in [1.29, 1.82) is 0 Å². The lowest BCUT2D eigenvalue weighted by molar-refractivity contribution is -0.799. The highest BCUT2D eigenvalue weighted by molar-refractivity contribution is 6.33. The van der Waals surface area contributed by atoms with Crippen molar-refractivity contribution < 1.29 is 9.28 Å². The number of hydrogen-bond acceptors (Lipinski definition) is 1. The fourth-order valence-corrected chi connectivity index (χ4v) is 1.48. The largest absolute Gasteiger partial charge is 0.347 e. The molecule has 0 N–H and O–H groups in total. The number of nitrogens with zero attached hydrogens (tertiary/aromatic N) is 1. The van der Waals surface area contributed by atoms with Gasteiger partial charge in [-0.1, -0.05) is 23.7 Å². The number of carbonyl (C=O) groups excluding carboxylic acids is 1. The minimum absolute atomic E-state index is 0.0708. The molecule has 1 aromatic rings. The number of terminal acetylenes is 1. The third-order valence-corrected chi connectivity index (χ3v) is 2.47. The molecule has 0 atom stereocenters. The van der Waals surface area contributed by atoms with E-state index in [0.29, 0.717) is 17.1 Å². The number of quaternary nitrogens is 1. The second-order valence-corrected chi connectivity index (χ2v) is 4.24. The molecule has 0 aromatic heterocycles. The summed E-state index contributed by atoms with van der Waals surface area (Å²) in [5, 5.41) is 0.464. The van der Waals surface area contributed by atoms with Gasteiger partial charge in [0.25, 0.3) is 0 Å². The van der Waals surface area contributed by atoms with E-state index in [1.807, 2.05) is 0 Å². The summed E-state index contributed by atoms with van der Waals surface area (Å²) in [6, 6.07) is 6.99. The Morgan fingerprint density at radius 1 is 1.47 bits per heavy atom. The Morgan fingerprint density at radius 2 is 2.07 bits per heavy atom. The lowest BCUT2D eigenvalue weighted by Gasteiger charge is -2.24. The molecule has 0 aliphatic carbocycles. The Balaban J connectivity index is 3.06. The monoisotopic (exact) mass is 222 g/mol. The minimum Gasteiger partial charge on any atom is -0.251 e. The van der Waals surface area contributed by atoms with Crippen molar-refractivity contribution >= 4 is 17.5 Å². The standard InChI is InChI=1S/C12H13ClNO/c1-4-9-14(2,3)12(15)10-7-5-6-8-11(10)13/h1,5-8H,9H2,2-3H3/q+1. The highest BCUT2D eigenvalue weighted by atomic mass is 35.5. The zero-order valence-electron chi connectivity index (χ0n) is 8.83. The zero-order chi connectivity index (χ0) is 11.5. The average molecular weight is 223 g/mol. The summed E-state index contributed by atoms with van der Waals surface area (Å²) in [5.74, 6) is 2.42. The second kappa shape index (κ2) is 4.48. The van der Waals surface area contributed by atoms with Crippen LogP contribution in [0.15, 0.2) is 24.3 Å². The predicted octanol–water partition coefficient (Wildman–Crippen LogP) is 2.19. The van der Waals surface area contributed by atoms with E-state index in [9.17, 15) is 4.79 Å². The summed E-state index contributed by atoms with van der Waals surface area (Å²) >= 11 is 5.94. The van der Waals surface area contributed by atoms with E-state index in [2.05, 4.69) is 5.92 Å². The lowest BCUT2D eigenvalue weighted by Crippen LogP contribution is -2.45. The van der Waals surface area contributed by atoms with Gasteiger partial charge in [0, 0.05) is 0 Å². The molecule has 0 fully saturated rings. The fourth-order valence-electron chi connectivity index (χ4n) is 1.26. The number of hydrogen-bond donors (Lipinski definition) is 0. The van der Waals surface area contributed by atoms with Gasteiger partial charge < -0.3 is 0 Å². The molecule has 0 unspecified atom stereocenters. The number of halogens is 1. The molecule has 78 valence electrons. The first-order valence-corrected chi connectivity index (χ1v) is 4.92. The van der Waals surface area contributed by atoms with Gasteiger partial charge >= 0.3 is 5.91 Å². The van der Waals surface area contributed by atoms with Gasteiger partial charge in [0.15, 0.2) is 0 Å². The van der Waals surface area contributed by atoms with Crippen LogP contribution >= 0.6 is 11.6 Å². The summed E-state index contributed by atoms with van der Waals surface area (Å²) in [5.41, 5.74) is 0.513. The molecular weight excluding hydrogens is 210 g/mol. The summed E-state index contributed by atoms with van der Waals surface area (Å²) < 4.78 is 0.111. The summed E-state index contributed by atoms with van der Waals surface area (Å²) in [6.07, 6.45) is 5.22. The molecule has 1 rings (SSSR count). The molecule has 0 spiro atoms. The number of carbonyl (C=O) groups is 1. The SMILES string of the molecule is C#CC[N+](C)(C)C(=O)c1ccccc1Cl. The van der Waals surface area contributed by atoms with Gasteiger partial charge in [-0.25, -0.2) is 4.79 Å². The van der Waals surface area contributed by atoms with E-state index in [-0.39, 0.29) is 10.4 Å². The maximum Gasteiger partial charge on any atom is 0.347 e. The number of rotatable bonds is 2. The van der Waals surface area contributed by atoms with Crippen molar-refractivity contribution in [3.8, 4) is 12.3 Å². The maximum atomic E-state index is 12.1. The van der Waals surface area contributed by atoms with Crippen LogP contribution in [0.25, 0.3) is 0 Å². The van der Waals surface area contributed by atoms with Crippen LogP contribution in [0.4, 0.5) is 0 Å². The molecule has 0 radical (unpaired) electrons. The van der Waals surface area contributed by atoms with E-state index in [0.717, 1.165) is 0 Å². The number of amides is 1. The molecule has 0 heterocycles. The summed E-state index contributed by atoms with van der Waals surface area (Å²) in [7, 11) is 3.54. The molecule has 0 aliphatic rings. The molecule has 15 heavy (non-hydrogen) atoms. The van der Waals surface area contributed by atoms with Crippen LogP contribution in [0, 0.1) is 12.3 Å². The predicted molar refractivity (Wildman–Crippen MR) is 61.6 cm³/mol. The van der Waals surface area contributed by atoms with Crippen molar-refractivity contribution in [2.75, 3.05) is 20.6 Å². The van der Waals surface area contributed by atoms with Crippen LogP contribution in [0.1, 0.15) is 10.4 Å². The molecule has 1 aromatic carbocycles. The van der Waals surface area contributed by atoms with Crippen LogP contribution in [-0.2, 0) is 0 Å². The molecule has 1 amide bonds. The van der Waals surface area contributed by atoms with E-state index in [1.165, 1.54) is 0 Å². The van der Waals surface area contributed by atoms with Crippen molar-refractivity contribution in [2.24, 2.45) is 0 Å². The van der Waals surface area contributed by atoms with E-state index < -0.39 is 0 Å². The minimum atomic E-state index is -0.0708. The third-order valence-electron chi connectivity index (χ3n) is 2.14. The van der Waals surface area contributed by atoms with E-state index >= 15 is 0 Å². The van der Waals surface area contributed by atoms with Gasteiger partial charge in [-0.2, -0.15) is 0 Å². The summed E-state index contributed by atoms with van der Waals surface area (Å²) in [4.78, 5) is 12.1. The second-order valence-electron chi connectivity index (χ2n) is 3.83. The van der Waals surface area contributed by atoms with Crippen molar-refractivity contribution in [3.05, 3.63) is 34.9 Å². The van der Waals surface area contributed by atoms with Gasteiger partial charge in [-0.3, -0.25) is 4.48 Å². The van der Waals surface area contributed by atoms with E-state index in [1.54, 1.807) is 38.4 Å². The average Bonchev–Trinajstić information content (AvgIpc) is 2.17. The van der Waals surface area contributed by atoms with Crippen molar-refractivity contribution in [2.45, 2.75) is 0 Å². The molecular formula is C12H13ClNO+. The maximum absolute atomic E-state index is 12.1. The molecule has 2 nitrogen and oxygen atoms in total. The topological polar surface area (TPSA) is 17.1 Å². The van der Waals surface area contributed by atoms with Crippen LogP contribution in [-0.4, -0.2) is 31.0 Å². The first-order chi connectivity index (χ1) is 6.99. The van der Waals surface area contributed by atoms with Gasteiger partial charge in [0.1, 0.15) is 6.54 Å². The fraction of sp³-hybridized carbons (Fsp3) is 0.250. The van der Waals surface area contributed by atoms with Gasteiger partial charge in [-0.05, 0) is 18.1 Å². The van der Waals surface area contributed by atoms with Gasteiger partial charge in [0.2, 0.25) is 0 Å². The molecule has 0 saturated heterocycles. The number of benzene rings is 1. The van der Waals surface area contributed by atoms with Gasteiger partial charge in [-0.15, -0.1) is 6.42 Å². The Morgan fingerprint density at radius 3 is 2.60 bits per heavy atom. The summed E-state index contributed by atoms with van der Waals surface area (Å²) in [6.45, 7) is 0.351. The normalized spacial score (nSPS) is 10.8. The molecule has 0 bridgehead atoms. The lowest BCUT2D eigenvalue weighted by atomic mass is 10.2. The highest BCUT2D eigenvalue weighted by Crippen LogP contribution is 2.18. The zero-order valence-corrected chi connectivity index (χ0v) is 9.58.